The van der Waals surface area contributed by atoms with E-state index in [0.717, 1.165) is 31.9 Å². The Morgan fingerprint density at radius 3 is 2.46 bits per heavy atom. The van der Waals surface area contributed by atoms with Crippen molar-refractivity contribution in [3.05, 3.63) is 0 Å². The summed E-state index contributed by atoms with van der Waals surface area (Å²) in [5.74, 6) is 0.667. The summed E-state index contributed by atoms with van der Waals surface area (Å²) in [4.78, 5) is 30.3. The van der Waals surface area contributed by atoms with E-state index in [4.69, 9.17) is 5.73 Å². The van der Waals surface area contributed by atoms with Gasteiger partial charge in [-0.1, -0.05) is 0 Å². The van der Waals surface area contributed by atoms with Crippen LogP contribution in [0.2, 0.25) is 0 Å². The van der Waals surface area contributed by atoms with Gasteiger partial charge < -0.3 is 25.5 Å². The Hall–Kier alpha value is -0.870. The second kappa shape index (κ2) is 6.80. The first-order valence-corrected chi connectivity index (χ1v) is 9.41. The van der Waals surface area contributed by atoms with E-state index in [-0.39, 0.29) is 22.7 Å². The fourth-order valence-electron chi connectivity index (χ4n) is 3.35. The first-order chi connectivity index (χ1) is 11.3. The largest absolute Gasteiger partial charge is 0.391 e. The third-order valence-electron chi connectivity index (χ3n) is 5.09. The summed E-state index contributed by atoms with van der Waals surface area (Å²) in [7, 11) is 2.07. The van der Waals surface area contributed by atoms with Gasteiger partial charge in [-0.05, 0) is 14.0 Å². The van der Waals surface area contributed by atoms with E-state index in [1.165, 1.54) is 6.92 Å². The van der Waals surface area contributed by atoms with Gasteiger partial charge in [-0.15, -0.1) is 11.8 Å². The molecule has 3 fully saturated rings. The molecule has 0 bridgehead atoms. The van der Waals surface area contributed by atoms with Crippen molar-refractivity contribution in [3.63, 3.8) is 0 Å². The van der Waals surface area contributed by atoms with Gasteiger partial charge in [-0.25, -0.2) is 0 Å². The Bertz CT molecular complexity index is 503. The molecule has 1 spiro atoms. The van der Waals surface area contributed by atoms with Crippen LogP contribution < -0.4 is 11.1 Å². The molecule has 24 heavy (non-hydrogen) atoms. The van der Waals surface area contributed by atoms with Crippen LogP contribution in [0.15, 0.2) is 0 Å². The number of hydrogen-bond donors (Lipinski definition) is 3. The van der Waals surface area contributed by atoms with Crippen molar-refractivity contribution < 1.29 is 14.7 Å². The molecule has 0 saturated carbocycles. The standard InChI is InChI=1S/C15H27N5O3S/c1-10(21)12(16)14(23)20-8-15(9-20)17-11(7-24-15)13(22)19-5-3-18(2)4-6-19/h10-12,17,21H,3-9,16H2,1-2H3/t10-,11+,12+/m1/s1. The van der Waals surface area contributed by atoms with Crippen molar-refractivity contribution in [2.24, 2.45) is 5.73 Å². The zero-order chi connectivity index (χ0) is 17.5. The van der Waals surface area contributed by atoms with E-state index in [1.807, 2.05) is 4.90 Å². The Labute approximate surface area is 146 Å². The first kappa shape index (κ1) is 17.9. The number of aliphatic hydroxyl groups is 1. The van der Waals surface area contributed by atoms with Crippen molar-refractivity contribution in [3.8, 4) is 0 Å². The topological polar surface area (TPSA) is 102 Å². The van der Waals surface area contributed by atoms with E-state index in [0.29, 0.717) is 13.1 Å². The van der Waals surface area contributed by atoms with Crippen molar-refractivity contribution in [1.82, 2.24) is 20.0 Å². The summed E-state index contributed by atoms with van der Waals surface area (Å²) < 4.78 is 0. The predicted octanol–water partition coefficient (Wildman–Crippen LogP) is -2.29. The van der Waals surface area contributed by atoms with Gasteiger partial charge in [0.2, 0.25) is 11.8 Å². The molecule has 8 nitrogen and oxygen atoms in total. The molecule has 0 radical (unpaired) electrons. The number of carbonyl (C=O) groups is 2. The highest BCUT2D eigenvalue weighted by Gasteiger charge is 2.53. The second-order valence-electron chi connectivity index (χ2n) is 7.09. The van der Waals surface area contributed by atoms with Gasteiger partial charge >= 0.3 is 0 Å². The molecule has 2 amide bonds. The van der Waals surface area contributed by atoms with Gasteiger partial charge in [0.25, 0.3) is 0 Å². The number of aliphatic hydroxyl groups excluding tert-OH is 1. The number of nitrogens with two attached hydrogens (primary N) is 1. The molecule has 0 aliphatic carbocycles. The fourth-order valence-corrected chi connectivity index (χ4v) is 4.78. The SMILES string of the molecule is C[C@@H](O)[C@H](N)C(=O)N1CC2(C1)N[C@H](C(=O)N1CCN(C)CC1)CS2. The molecular weight excluding hydrogens is 330 g/mol. The fraction of sp³-hybridized carbons (Fsp3) is 0.867. The number of thioether (sulfide) groups is 1. The van der Waals surface area contributed by atoms with Crippen LogP contribution in [0.4, 0.5) is 0 Å². The number of piperazine rings is 1. The lowest BCUT2D eigenvalue weighted by atomic mass is 10.0. The van der Waals surface area contributed by atoms with Crippen LogP contribution >= 0.6 is 11.8 Å². The molecule has 3 rings (SSSR count). The first-order valence-electron chi connectivity index (χ1n) is 8.43. The number of likely N-dealkylation sites (tertiary alicyclic amines) is 1. The minimum atomic E-state index is -0.878. The second-order valence-corrected chi connectivity index (χ2v) is 8.49. The van der Waals surface area contributed by atoms with Gasteiger partial charge in [0.15, 0.2) is 0 Å². The van der Waals surface area contributed by atoms with Gasteiger partial charge in [0.1, 0.15) is 10.9 Å². The molecule has 0 aromatic rings. The van der Waals surface area contributed by atoms with Gasteiger partial charge in [0.05, 0.1) is 25.2 Å². The number of rotatable bonds is 3. The highest BCUT2D eigenvalue weighted by Crippen LogP contribution is 2.39. The third-order valence-corrected chi connectivity index (χ3v) is 6.51. The molecule has 4 N–H and O–H groups in total. The molecule has 0 aromatic heterocycles. The zero-order valence-electron chi connectivity index (χ0n) is 14.3. The molecule has 3 heterocycles. The van der Waals surface area contributed by atoms with Gasteiger partial charge in [-0.2, -0.15) is 0 Å². The zero-order valence-corrected chi connectivity index (χ0v) is 15.1. The molecule has 3 saturated heterocycles. The summed E-state index contributed by atoms with van der Waals surface area (Å²) in [5, 5.41) is 12.9. The van der Waals surface area contributed by atoms with Crippen LogP contribution in [-0.2, 0) is 9.59 Å². The maximum Gasteiger partial charge on any atom is 0.242 e. The molecule has 3 aliphatic rings. The van der Waals surface area contributed by atoms with E-state index in [1.54, 1.807) is 16.7 Å². The summed E-state index contributed by atoms with van der Waals surface area (Å²) in [5.41, 5.74) is 5.71. The summed E-state index contributed by atoms with van der Waals surface area (Å²) in [6.45, 7) is 5.96. The lowest BCUT2D eigenvalue weighted by molar-refractivity contribution is -0.141. The molecule has 9 heteroatoms. The lowest BCUT2D eigenvalue weighted by Crippen LogP contribution is -2.70. The van der Waals surface area contributed by atoms with Crippen molar-refractivity contribution in [1.29, 1.82) is 0 Å². The summed E-state index contributed by atoms with van der Waals surface area (Å²) >= 11 is 1.71. The van der Waals surface area contributed by atoms with E-state index in [2.05, 4.69) is 17.3 Å². The van der Waals surface area contributed by atoms with E-state index in [9.17, 15) is 14.7 Å². The van der Waals surface area contributed by atoms with Crippen LogP contribution in [0.25, 0.3) is 0 Å². The highest BCUT2D eigenvalue weighted by molar-refractivity contribution is 8.01. The normalized spacial score (nSPS) is 29.4. The Morgan fingerprint density at radius 1 is 1.25 bits per heavy atom. The highest BCUT2D eigenvalue weighted by atomic mass is 32.2. The number of likely N-dealkylation sites (N-methyl/N-ethyl adjacent to an activating group) is 1. The van der Waals surface area contributed by atoms with Crippen LogP contribution in [0.1, 0.15) is 6.92 Å². The number of nitrogens with zero attached hydrogens (tertiary/aromatic N) is 3. The van der Waals surface area contributed by atoms with Crippen molar-refractivity contribution in [2.75, 3.05) is 52.1 Å². The maximum absolute atomic E-state index is 12.6. The molecule has 136 valence electrons. The van der Waals surface area contributed by atoms with Crippen LogP contribution in [0.5, 0.6) is 0 Å². The average Bonchev–Trinajstić information content (AvgIpc) is 2.97. The third kappa shape index (κ3) is 3.41. The van der Waals surface area contributed by atoms with Crippen LogP contribution in [0, 0.1) is 0 Å². The van der Waals surface area contributed by atoms with Crippen LogP contribution in [-0.4, -0.2) is 107 Å². The Kier molecular flexibility index (Phi) is 5.08. The molecule has 0 unspecified atom stereocenters. The molecular formula is C15H27N5O3S. The Morgan fingerprint density at radius 2 is 1.88 bits per heavy atom. The summed E-state index contributed by atoms with van der Waals surface area (Å²) in [6, 6.07) is -1.06. The van der Waals surface area contributed by atoms with Crippen LogP contribution in [0.3, 0.4) is 0 Å². The minimum absolute atomic E-state index is 0.165. The van der Waals surface area contributed by atoms with Gasteiger partial charge in [0, 0.05) is 31.9 Å². The number of amides is 2. The summed E-state index contributed by atoms with van der Waals surface area (Å²) in [6.07, 6.45) is -0.857. The smallest absolute Gasteiger partial charge is 0.242 e. The molecule has 0 aromatic carbocycles. The maximum atomic E-state index is 12.6. The monoisotopic (exact) mass is 357 g/mol. The number of hydrogen-bond acceptors (Lipinski definition) is 7. The van der Waals surface area contributed by atoms with Crippen molar-refractivity contribution in [2.45, 2.75) is 30.0 Å². The predicted molar refractivity (Wildman–Crippen MR) is 92.4 cm³/mol. The average molecular weight is 357 g/mol. The quantitative estimate of drug-likeness (QED) is 0.523. The van der Waals surface area contributed by atoms with E-state index < -0.39 is 12.1 Å². The number of nitrogens with one attached hydrogen (secondary N) is 1. The van der Waals surface area contributed by atoms with Crippen molar-refractivity contribution >= 4 is 23.6 Å². The molecule has 3 aliphatic heterocycles. The minimum Gasteiger partial charge on any atom is -0.391 e. The molecule has 3 atom stereocenters. The van der Waals surface area contributed by atoms with Gasteiger partial charge in [-0.3, -0.25) is 14.9 Å². The number of carbonyl (C=O) groups excluding carboxylic acids is 2. The Balaban J connectivity index is 1.50. The van der Waals surface area contributed by atoms with E-state index >= 15 is 0 Å². The lowest BCUT2D eigenvalue weighted by Gasteiger charge is -2.48.